The molecule has 0 aliphatic heterocycles. The number of benzene rings is 1. The number of halogens is 1. The molecule has 2 rings (SSSR count). The monoisotopic (exact) mass is 319 g/mol. The highest BCUT2D eigenvalue weighted by Crippen LogP contribution is 2.14. The van der Waals surface area contributed by atoms with Crippen molar-refractivity contribution in [3.63, 3.8) is 0 Å². The molecule has 98 valence electrons. The Hall–Kier alpha value is -1.88. The molecule has 0 radical (unpaired) electrons. The maximum Gasteiger partial charge on any atom is 0.249 e. The number of anilines is 1. The highest BCUT2D eigenvalue weighted by atomic mass is 79.9. The van der Waals surface area contributed by atoms with Crippen LogP contribution in [0.5, 0.6) is 0 Å². The van der Waals surface area contributed by atoms with E-state index in [2.05, 4.69) is 31.4 Å². The van der Waals surface area contributed by atoms with Gasteiger partial charge in [0.2, 0.25) is 5.91 Å². The highest BCUT2D eigenvalue weighted by Gasteiger charge is 2.06. The zero-order valence-electron chi connectivity index (χ0n) is 10.7. The van der Waals surface area contributed by atoms with Crippen LogP contribution >= 0.6 is 15.9 Å². The van der Waals surface area contributed by atoms with E-state index in [9.17, 15) is 4.79 Å². The number of nitrogens with zero attached hydrogens (tertiary/aromatic N) is 1. The predicted octanol–water partition coefficient (Wildman–Crippen LogP) is 3.44. The fraction of sp³-hybridized carbons (Fsp3) is 0.143. The van der Waals surface area contributed by atoms with Crippen LogP contribution in [0.3, 0.4) is 0 Å². The van der Waals surface area contributed by atoms with E-state index in [0.29, 0.717) is 5.82 Å². The summed E-state index contributed by atoms with van der Waals surface area (Å²) in [7, 11) is 0. The Kier molecular flexibility index (Phi) is 4.16. The van der Waals surface area contributed by atoms with E-state index in [1.54, 1.807) is 6.08 Å². The fourth-order valence-electron chi connectivity index (χ4n) is 1.51. The smallest absolute Gasteiger partial charge is 0.249 e. The maximum atomic E-state index is 11.8. The second kappa shape index (κ2) is 5.84. The summed E-state index contributed by atoms with van der Waals surface area (Å²) in [5.74, 6) is 0.375. The first kappa shape index (κ1) is 13.5. The van der Waals surface area contributed by atoms with E-state index in [4.69, 9.17) is 0 Å². The first-order chi connectivity index (χ1) is 9.06. The van der Waals surface area contributed by atoms with E-state index < -0.39 is 0 Å². The lowest BCUT2D eigenvalue weighted by molar-refractivity contribution is -0.111. The quantitative estimate of drug-likeness (QED) is 0.851. The Bertz CT molecular complexity index is 614. The van der Waals surface area contributed by atoms with Crippen LogP contribution in [-0.4, -0.2) is 16.1 Å². The molecule has 1 aromatic heterocycles. The van der Waals surface area contributed by atoms with Crippen molar-refractivity contribution in [2.45, 2.75) is 13.8 Å². The van der Waals surface area contributed by atoms with Gasteiger partial charge in [-0.3, -0.25) is 9.89 Å². The molecule has 1 aromatic carbocycles. The molecule has 0 saturated carbocycles. The lowest BCUT2D eigenvalue weighted by Crippen LogP contribution is -2.09. The van der Waals surface area contributed by atoms with Crippen LogP contribution in [-0.2, 0) is 4.79 Å². The number of rotatable bonds is 3. The van der Waals surface area contributed by atoms with Gasteiger partial charge in [-0.2, -0.15) is 5.10 Å². The van der Waals surface area contributed by atoms with Crippen molar-refractivity contribution in [3.05, 3.63) is 51.6 Å². The Balaban J connectivity index is 2.01. The van der Waals surface area contributed by atoms with Gasteiger partial charge in [-0.05, 0) is 37.6 Å². The van der Waals surface area contributed by atoms with Gasteiger partial charge < -0.3 is 5.32 Å². The summed E-state index contributed by atoms with van der Waals surface area (Å²) in [5, 5.41) is 9.59. The minimum Gasteiger partial charge on any atom is -0.305 e. The molecule has 4 nitrogen and oxygen atoms in total. The largest absolute Gasteiger partial charge is 0.305 e. The molecular formula is C14H14BrN3O. The van der Waals surface area contributed by atoms with Gasteiger partial charge in [-0.1, -0.05) is 28.1 Å². The standard InChI is InChI=1S/C14H14BrN3O/c1-9-10(2)17-18-14(9)16-13(19)8-5-11-3-6-12(15)7-4-11/h3-8H,1-2H3,(H2,16,17,18,19)/b8-5+. The average Bonchev–Trinajstić information content (AvgIpc) is 2.70. The summed E-state index contributed by atoms with van der Waals surface area (Å²) in [5.41, 5.74) is 2.87. The number of H-pyrrole nitrogens is 1. The average molecular weight is 320 g/mol. The van der Waals surface area contributed by atoms with E-state index >= 15 is 0 Å². The molecule has 1 heterocycles. The fourth-order valence-corrected chi connectivity index (χ4v) is 1.78. The van der Waals surface area contributed by atoms with Gasteiger partial charge >= 0.3 is 0 Å². The third-order valence-electron chi connectivity index (χ3n) is 2.79. The van der Waals surface area contributed by atoms with E-state index in [1.165, 1.54) is 6.08 Å². The third kappa shape index (κ3) is 3.54. The van der Waals surface area contributed by atoms with Gasteiger partial charge in [-0.25, -0.2) is 0 Å². The summed E-state index contributed by atoms with van der Waals surface area (Å²) in [4.78, 5) is 11.8. The zero-order valence-corrected chi connectivity index (χ0v) is 12.3. The SMILES string of the molecule is Cc1[nH]nc(NC(=O)/C=C/c2ccc(Br)cc2)c1C. The molecule has 0 bridgehead atoms. The number of carbonyl (C=O) groups excluding carboxylic acids is 1. The van der Waals surface area contributed by atoms with Crippen molar-refractivity contribution in [3.8, 4) is 0 Å². The number of aryl methyl sites for hydroxylation is 1. The molecule has 0 unspecified atom stereocenters. The molecule has 2 aromatic rings. The van der Waals surface area contributed by atoms with Gasteiger partial charge in [0.05, 0.1) is 0 Å². The van der Waals surface area contributed by atoms with Crippen LogP contribution in [0.4, 0.5) is 5.82 Å². The van der Waals surface area contributed by atoms with Crippen molar-refractivity contribution in [1.29, 1.82) is 0 Å². The topological polar surface area (TPSA) is 57.8 Å². The van der Waals surface area contributed by atoms with Crippen LogP contribution < -0.4 is 5.32 Å². The molecule has 0 aliphatic carbocycles. The van der Waals surface area contributed by atoms with Crippen LogP contribution in [0.1, 0.15) is 16.8 Å². The molecule has 0 aliphatic rings. The predicted molar refractivity (Wildman–Crippen MR) is 79.9 cm³/mol. The molecule has 0 spiro atoms. The Morgan fingerprint density at radius 1 is 1.32 bits per heavy atom. The molecule has 1 amide bonds. The van der Waals surface area contributed by atoms with Crippen LogP contribution in [0.15, 0.2) is 34.8 Å². The molecular weight excluding hydrogens is 306 g/mol. The first-order valence-electron chi connectivity index (χ1n) is 5.82. The zero-order chi connectivity index (χ0) is 13.8. The number of hydrogen-bond donors (Lipinski definition) is 2. The van der Waals surface area contributed by atoms with Gasteiger partial charge in [0.1, 0.15) is 0 Å². The Morgan fingerprint density at radius 3 is 2.58 bits per heavy atom. The maximum absolute atomic E-state index is 11.8. The van der Waals surface area contributed by atoms with Gasteiger partial charge in [-0.15, -0.1) is 0 Å². The summed E-state index contributed by atoms with van der Waals surface area (Å²) in [6, 6.07) is 7.72. The van der Waals surface area contributed by atoms with Crippen molar-refractivity contribution < 1.29 is 4.79 Å². The highest BCUT2D eigenvalue weighted by molar-refractivity contribution is 9.10. The molecule has 0 saturated heterocycles. The number of amides is 1. The number of nitrogens with one attached hydrogen (secondary N) is 2. The summed E-state index contributed by atoms with van der Waals surface area (Å²) < 4.78 is 1.01. The Labute approximate surface area is 120 Å². The second-order valence-electron chi connectivity index (χ2n) is 4.20. The van der Waals surface area contributed by atoms with E-state index in [0.717, 1.165) is 21.3 Å². The van der Waals surface area contributed by atoms with E-state index in [-0.39, 0.29) is 5.91 Å². The van der Waals surface area contributed by atoms with Crippen molar-refractivity contribution in [1.82, 2.24) is 10.2 Å². The number of hydrogen-bond acceptors (Lipinski definition) is 2. The summed E-state index contributed by atoms with van der Waals surface area (Å²) in [6.07, 6.45) is 3.25. The number of carbonyl (C=O) groups is 1. The Morgan fingerprint density at radius 2 is 2.00 bits per heavy atom. The van der Waals surface area contributed by atoms with Gasteiger partial charge in [0, 0.05) is 21.8 Å². The van der Waals surface area contributed by atoms with Gasteiger partial charge in [0.15, 0.2) is 5.82 Å². The molecule has 2 N–H and O–H groups in total. The normalized spacial score (nSPS) is 10.9. The first-order valence-corrected chi connectivity index (χ1v) is 6.62. The van der Waals surface area contributed by atoms with Gasteiger partial charge in [0.25, 0.3) is 0 Å². The number of aromatic amines is 1. The van der Waals surface area contributed by atoms with Crippen LogP contribution in [0, 0.1) is 13.8 Å². The minimum atomic E-state index is -0.197. The minimum absolute atomic E-state index is 0.197. The van der Waals surface area contributed by atoms with E-state index in [1.807, 2.05) is 38.1 Å². The van der Waals surface area contributed by atoms with Crippen molar-refractivity contribution in [2.75, 3.05) is 5.32 Å². The lowest BCUT2D eigenvalue weighted by atomic mass is 10.2. The summed E-state index contributed by atoms with van der Waals surface area (Å²) >= 11 is 3.36. The third-order valence-corrected chi connectivity index (χ3v) is 3.32. The van der Waals surface area contributed by atoms with Crippen molar-refractivity contribution >= 4 is 33.7 Å². The second-order valence-corrected chi connectivity index (χ2v) is 5.11. The molecule has 0 atom stereocenters. The van der Waals surface area contributed by atoms with Crippen LogP contribution in [0.25, 0.3) is 6.08 Å². The summed E-state index contributed by atoms with van der Waals surface area (Å²) in [6.45, 7) is 3.82. The number of aromatic nitrogens is 2. The molecule has 0 fully saturated rings. The van der Waals surface area contributed by atoms with Crippen LogP contribution in [0.2, 0.25) is 0 Å². The molecule has 19 heavy (non-hydrogen) atoms. The van der Waals surface area contributed by atoms with Crippen molar-refractivity contribution in [2.24, 2.45) is 0 Å². The lowest BCUT2D eigenvalue weighted by Gasteiger charge is -1.99. The molecule has 5 heteroatoms.